The smallest absolute Gasteiger partial charge is 0.220 e. The minimum Gasteiger partial charge on any atom is -0.461 e. The van der Waals surface area contributed by atoms with E-state index in [1.807, 2.05) is 0 Å². The normalized spacial score (nSPS) is 11.0. The predicted molar refractivity (Wildman–Crippen MR) is 95.7 cm³/mol. The van der Waals surface area contributed by atoms with Gasteiger partial charge in [0, 0.05) is 32.6 Å². The fraction of sp³-hybridized carbons (Fsp3) is 0.450. The number of carbonyl (C=O) groups excluding carboxylic acids is 1. The number of hydrogen-bond acceptors (Lipinski definition) is 3. The first kappa shape index (κ1) is 19.2. The number of aryl methyl sites for hydroxylation is 1. The standard InChI is InChI=1S/C20H26FNO3/c1-15(2)14-24-13-5-12-22-20(23)11-9-16-8-10-19(25-16)17-6-3-4-7-18(17)21/h3-4,6-8,10,15H,5,9,11-14H2,1-2H3,(H,22,23). The van der Waals surface area contributed by atoms with Crippen molar-refractivity contribution < 1.29 is 18.3 Å². The molecule has 0 fully saturated rings. The first-order chi connectivity index (χ1) is 12.1. The van der Waals surface area contributed by atoms with Gasteiger partial charge in [0.1, 0.15) is 17.3 Å². The second-order valence-electron chi connectivity index (χ2n) is 6.42. The molecule has 0 saturated heterocycles. The number of furan rings is 1. The van der Waals surface area contributed by atoms with E-state index in [4.69, 9.17) is 9.15 Å². The number of ether oxygens (including phenoxy) is 1. The highest BCUT2D eigenvalue weighted by atomic mass is 19.1. The van der Waals surface area contributed by atoms with Crippen molar-refractivity contribution >= 4 is 5.91 Å². The fourth-order valence-electron chi connectivity index (χ4n) is 2.36. The Kier molecular flexibility index (Phi) is 7.67. The Morgan fingerprint density at radius 1 is 1.24 bits per heavy atom. The SMILES string of the molecule is CC(C)COCCCNC(=O)CCc1ccc(-c2ccccc2F)o1. The van der Waals surface area contributed by atoms with Crippen LogP contribution in [0.3, 0.4) is 0 Å². The average Bonchev–Trinajstić information content (AvgIpc) is 3.05. The van der Waals surface area contributed by atoms with Gasteiger partial charge in [-0.3, -0.25) is 4.79 Å². The van der Waals surface area contributed by atoms with Crippen LogP contribution in [0.5, 0.6) is 0 Å². The van der Waals surface area contributed by atoms with E-state index in [1.54, 1.807) is 30.3 Å². The maximum absolute atomic E-state index is 13.7. The summed E-state index contributed by atoms with van der Waals surface area (Å²) in [5.74, 6) is 1.34. The molecule has 1 heterocycles. The van der Waals surface area contributed by atoms with Crippen molar-refractivity contribution in [3.05, 3.63) is 48.0 Å². The molecule has 0 radical (unpaired) electrons. The number of amides is 1. The molecule has 0 bridgehead atoms. The van der Waals surface area contributed by atoms with E-state index < -0.39 is 0 Å². The summed E-state index contributed by atoms with van der Waals surface area (Å²) < 4.78 is 24.8. The fourth-order valence-corrected chi connectivity index (χ4v) is 2.36. The lowest BCUT2D eigenvalue weighted by Gasteiger charge is -2.07. The van der Waals surface area contributed by atoms with Crippen molar-refractivity contribution in [2.24, 2.45) is 5.92 Å². The molecule has 2 rings (SSSR count). The van der Waals surface area contributed by atoms with Gasteiger partial charge in [-0.25, -0.2) is 4.39 Å². The van der Waals surface area contributed by atoms with Crippen LogP contribution in [0.2, 0.25) is 0 Å². The number of hydrogen-bond donors (Lipinski definition) is 1. The zero-order chi connectivity index (χ0) is 18.1. The van der Waals surface area contributed by atoms with E-state index in [2.05, 4.69) is 19.2 Å². The summed E-state index contributed by atoms with van der Waals surface area (Å²) in [6, 6.07) is 9.99. The van der Waals surface area contributed by atoms with Crippen LogP contribution in [0.25, 0.3) is 11.3 Å². The lowest BCUT2D eigenvalue weighted by molar-refractivity contribution is -0.121. The summed E-state index contributed by atoms with van der Waals surface area (Å²) in [6.45, 7) is 6.22. The number of halogens is 1. The largest absolute Gasteiger partial charge is 0.461 e. The third-order valence-electron chi connectivity index (χ3n) is 3.64. The van der Waals surface area contributed by atoms with Gasteiger partial charge in [0.15, 0.2) is 0 Å². The Morgan fingerprint density at radius 3 is 2.80 bits per heavy atom. The number of nitrogens with one attached hydrogen (secondary N) is 1. The van der Waals surface area contributed by atoms with Gasteiger partial charge in [0.05, 0.1) is 5.56 Å². The van der Waals surface area contributed by atoms with Crippen LogP contribution < -0.4 is 5.32 Å². The van der Waals surface area contributed by atoms with E-state index in [0.29, 0.717) is 49.0 Å². The van der Waals surface area contributed by atoms with Crippen LogP contribution in [-0.4, -0.2) is 25.7 Å². The third kappa shape index (κ3) is 6.70. The van der Waals surface area contributed by atoms with Gasteiger partial charge in [0.2, 0.25) is 5.91 Å². The first-order valence-corrected chi connectivity index (χ1v) is 8.74. The second-order valence-corrected chi connectivity index (χ2v) is 6.42. The molecule has 1 N–H and O–H groups in total. The van der Waals surface area contributed by atoms with Crippen LogP contribution in [0.15, 0.2) is 40.8 Å². The molecule has 25 heavy (non-hydrogen) atoms. The van der Waals surface area contributed by atoms with E-state index in [0.717, 1.165) is 13.0 Å². The number of rotatable bonds is 10. The molecule has 0 aliphatic carbocycles. The van der Waals surface area contributed by atoms with Crippen molar-refractivity contribution in [1.29, 1.82) is 0 Å². The topological polar surface area (TPSA) is 51.5 Å². The van der Waals surface area contributed by atoms with Gasteiger partial charge in [0.25, 0.3) is 0 Å². The Hall–Kier alpha value is -2.14. The quantitative estimate of drug-likeness (QED) is 0.656. The highest BCUT2D eigenvalue weighted by molar-refractivity contribution is 5.76. The van der Waals surface area contributed by atoms with Crippen molar-refractivity contribution in [3.8, 4) is 11.3 Å². The van der Waals surface area contributed by atoms with Crippen LogP contribution in [0.4, 0.5) is 4.39 Å². The van der Waals surface area contributed by atoms with E-state index in [9.17, 15) is 9.18 Å². The summed E-state index contributed by atoms with van der Waals surface area (Å²) in [7, 11) is 0. The summed E-state index contributed by atoms with van der Waals surface area (Å²) >= 11 is 0. The van der Waals surface area contributed by atoms with Crippen LogP contribution in [-0.2, 0) is 16.0 Å². The Balaban J connectivity index is 1.68. The van der Waals surface area contributed by atoms with Crippen molar-refractivity contribution in [2.45, 2.75) is 33.1 Å². The molecule has 0 unspecified atom stereocenters. The second kappa shape index (κ2) is 9.99. The zero-order valence-electron chi connectivity index (χ0n) is 14.9. The lowest BCUT2D eigenvalue weighted by Crippen LogP contribution is -2.25. The van der Waals surface area contributed by atoms with Gasteiger partial charge in [-0.2, -0.15) is 0 Å². The number of benzene rings is 1. The Morgan fingerprint density at radius 2 is 2.04 bits per heavy atom. The lowest BCUT2D eigenvalue weighted by atomic mass is 10.1. The Bertz CT molecular complexity index is 666. The van der Waals surface area contributed by atoms with Gasteiger partial charge in [-0.05, 0) is 36.6 Å². The number of carbonyl (C=O) groups is 1. The molecular formula is C20H26FNO3. The maximum atomic E-state index is 13.7. The zero-order valence-corrected chi connectivity index (χ0v) is 14.9. The van der Waals surface area contributed by atoms with Crippen LogP contribution in [0, 0.1) is 11.7 Å². The van der Waals surface area contributed by atoms with Crippen molar-refractivity contribution in [2.75, 3.05) is 19.8 Å². The monoisotopic (exact) mass is 347 g/mol. The molecular weight excluding hydrogens is 321 g/mol. The molecule has 2 aromatic rings. The minimum absolute atomic E-state index is 0.0206. The molecule has 0 atom stereocenters. The minimum atomic E-state index is -0.319. The van der Waals surface area contributed by atoms with Gasteiger partial charge in [-0.15, -0.1) is 0 Å². The van der Waals surface area contributed by atoms with Gasteiger partial charge in [-0.1, -0.05) is 26.0 Å². The molecule has 1 aromatic carbocycles. The van der Waals surface area contributed by atoms with Crippen molar-refractivity contribution in [3.63, 3.8) is 0 Å². The summed E-state index contributed by atoms with van der Waals surface area (Å²) in [5, 5.41) is 2.87. The van der Waals surface area contributed by atoms with E-state index in [-0.39, 0.29) is 11.7 Å². The maximum Gasteiger partial charge on any atom is 0.220 e. The van der Waals surface area contributed by atoms with Gasteiger partial charge >= 0.3 is 0 Å². The molecule has 0 aliphatic heterocycles. The molecule has 136 valence electrons. The summed E-state index contributed by atoms with van der Waals surface area (Å²) in [4.78, 5) is 11.8. The van der Waals surface area contributed by atoms with Gasteiger partial charge < -0.3 is 14.5 Å². The summed E-state index contributed by atoms with van der Waals surface area (Å²) in [5.41, 5.74) is 0.430. The van der Waals surface area contributed by atoms with E-state index >= 15 is 0 Å². The highest BCUT2D eigenvalue weighted by Gasteiger charge is 2.10. The van der Waals surface area contributed by atoms with Crippen LogP contribution >= 0.6 is 0 Å². The molecule has 4 nitrogen and oxygen atoms in total. The molecule has 0 aliphatic rings. The molecule has 0 saturated carbocycles. The average molecular weight is 347 g/mol. The van der Waals surface area contributed by atoms with Crippen molar-refractivity contribution in [1.82, 2.24) is 5.32 Å². The molecule has 1 aromatic heterocycles. The highest BCUT2D eigenvalue weighted by Crippen LogP contribution is 2.25. The molecule has 0 spiro atoms. The molecule has 5 heteroatoms. The Labute approximate surface area is 148 Å². The molecule has 1 amide bonds. The van der Waals surface area contributed by atoms with Crippen LogP contribution in [0.1, 0.15) is 32.4 Å². The first-order valence-electron chi connectivity index (χ1n) is 8.74. The van der Waals surface area contributed by atoms with E-state index in [1.165, 1.54) is 6.07 Å². The summed E-state index contributed by atoms with van der Waals surface area (Å²) in [6.07, 6.45) is 1.64. The third-order valence-corrected chi connectivity index (χ3v) is 3.64. The predicted octanol–water partition coefficient (Wildman–Crippen LogP) is 4.20.